The van der Waals surface area contributed by atoms with Gasteiger partial charge in [0.25, 0.3) is 5.91 Å². The van der Waals surface area contributed by atoms with Gasteiger partial charge in [-0.1, -0.05) is 11.3 Å². The molecular weight excluding hydrogens is 377 g/mol. The summed E-state index contributed by atoms with van der Waals surface area (Å²) in [5.41, 5.74) is 3.28. The van der Waals surface area contributed by atoms with Gasteiger partial charge in [-0.3, -0.25) is 4.79 Å². The lowest BCUT2D eigenvalue weighted by Crippen LogP contribution is -2.35. The molecule has 0 spiro atoms. The minimum absolute atomic E-state index is 0.0478. The first-order valence-electron chi connectivity index (χ1n) is 9.41. The predicted molar refractivity (Wildman–Crippen MR) is 106 cm³/mol. The van der Waals surface area contributed by atoms with Crippen molar-refractivity contribution < 1.29 is 9.18 Å². The van der Waals surface area contributed by atoms with E-state index >= 15 is 0 Å². The van der Waals surface area contributed by atoms with E-state index in [9.17, 15) is 9.18 Å². The summed E-state index contributed by atoms with van der Waals surface area (Å²) in [6, 6.07) is 4.97. The van der Waals surface area contributed by atoms with Gasteiger partial charge in [-0.25, -0.2) is 14.1 Å². The van der Waals surface area contributed by atoms with Gasteiger partial charge >= 0.3 is 0 Å². The van der Waals surface area contributed by atoms with Crippen molar-refractivity contribution in [3.8, 4) is 16.4 Å². The number of hydrogen-bond acceptors (Lipinski definition) is 5. The number of carbonyl (C=O) groups excluding carboxylic acids is 1. The maximum atomic E-state index is 13.9. The summed E-state index contributed by atoms with van der Waals surface area (Å²) in [6.07, 6.45) is 3.28. The molecule has 1 aliphatic heterocycles. The Morgan fingerprint density at radius 2 is 1.89 bits per heavy atom. The number of nitrogens with zero attached hydrogens (tertiary/aromatic N) is 5. The molecule has 0 saturated carbocycles. The van der Waals surface area contributed by atoms with E-state index in [0.717, 1.165) is 31.6 Å². The van der Waals surface area contributed by atoms with Crippen LogP contribution in [0.5, 0.6) is 0 Å². The van der Waals surface area contributed by atoms with Crippen LogP contribution in [0.3, 0.4) is 0 Å². The lowest BCUT2D eigenvalue weighted by atomic mass is 10.1. The van der Waals surface area contributed by atoms with Crippen molar-refractivity contribution in [3.63, 3.8) is 0 Å². The van der Waals surface area contributed by atoms with Crippen LogP contribution in [0.2, 0.25) is 0 Å². The molecule has 3 heterocycles. The second-order valence-electron chi connectivity index (χ2n) is 7.16. The molecule has 3 aromatic rings. The number of halogens is 1. The van der Waals surface area contributed by atoms with Crippen LogP contribution >= 0.6 is 11.3 Å². The van der Waals surface area contributed by atoms with E-state index in [1.807, 2.05) is 24.8 Å². The molecule has 6 nitrogen and oxygen atoms in total. The molecular formula is C20H22FN5OS. The number of thiazole rings is 1. The third-order valence-electron chi connectivity index (χ3n) is 5.13. The number of piperidine rings is 1. The van der Waals surface area contributed by atoms with Crippen molar-refractivity contribution in [1.29, 1.82) is 0 Å². The van der Waals surface area contributed by atoms with Crippen LogP contribution in [0.4, 0.5) is 4.39 Å². The normalized spacial score (nSPS) is 14.5. The third-order valence-corrected chi connectivity index (χ3v) is 6.28. The summed E-state index contributed by atoms with van der Waals surface area (Å²) in [6.45, 7) is 7.06. The van der Waals surface area contributed by atoms with Crippen molar-refractivity contribution in [2.24, 2.45) is 0 Å². The number of rotatable bonds is 3. The Kier molecular flexibility index (Phi) is 4.97. The van der Waals surface area contributed by atoms with Crippen molar-refractivity contribution in [2.75, 3.05) is 13.1 Å². The molecule has 28 heavy (non-hydrogen) atoms. The average molecular weight is 399 g/mol. The highest BCUT2D eigenvalue weighted by Crippen LogP contribution is 2.31. The van der Waals surface area contributed by atoms with Crippen LogP contribution in [0.1, 0.15) is 45.9 Å². The predicted octanol–water partition coefficient (Wildman–Crippen LogP) is 4.08. The smallest absolute Gasteiger partial charge is 0.265 e. The summed E-state index contributed by atoms with van der Waals surface area (Å²) in [4.78, 5) is 20.0. The lowest BCUT2D eigenvalue weighted by Gasteiger charge is -2.26. The Hall–Kier alpha value is -2.61. The summed E-state index contributed by atoms with van der Waals surface area (Å²) < 4.78 is 15.5. The van der Waals surface area contributed by atoms with E-state index in [-0.39, 0.29) is 11.7 Å². The first-order valence-corrected chi connectivity index (χ1v) is 10.2. The number of hydrogen-bond donors (Lipinski definition) is 0. The van der Waals surface area contributed by atoms with Crippen molar-refractivity contribution in [1.82, 2.24) is 24.9 Å². The van der Waals surface area contributed by atoms with Gasteiger partial charge in [0.1, 0.15) is 21.4 Å². The van der Waals surface area contributed by atoms with E-state index in [2.05, 4.69) is 15.3 Å². The highest BCUT2D eigenvalue weighted by Gasteiger charge is 2.25. The molecule has 1 saturated heterocycles. The standard InChI is InChI=1S/C20H22FN5OS/c1-12-7-8-15(11-16(12)21)26-14(3)17(23-24-26)19-22-13(2)18(28-19)20(27)25-9-5-4-6-10-25/h7-8,11H,4-6,9-10H2,1-3H3. The van der Waals surface area contributed by atoms with E-state index in [1.54, 1.807) is 17.7 Å². The number of benzene rings is 1. The Labute approximate surface area is 167 Å². The van der Waals surface area contributed by atoms with Crippen LogP contribution in [0, 0.1) is 26.6 Å². The van der Waals surface area contributed by atoms with Gasteiger partial charge in [-0.2, -0.15) is 0 Å². The van der Waals surface area contributed by atoms with E-state index < -0.39 is 0 Å². The molecule has 2 aromatic heterocycles. The first kappa shape index (κ1) is 18.7. The van der Waals surface area contributed by atoms with Gasteiger partial charge in [0.05, 0.1) is 17.1 Å². The van der Waals surface area contributed by atoms with Gasteiger partial charge in [0.15, 0.2) is 0 Å². The fourth-order valence-corrected chi connectivity index (χ4v) is 4.49. The second kappa shape index (κ2) is 7.43. The second-order valence-corrected chi connectivity index (χ2v) is 8.15. The fraction of sp³-hybridized carbons (Fsp3) is 0.400. The minimum Gasteiger partial charge on any atom is -0.338 e. The average Bonchev–Trinajstić information content (AvgIpc) is 3.26. The Balaban J connectivity index is 1.66. The largest absolute Gasteiger partial charge is 0.338 e. The molecule has 4 rings (SSSR count). The highest BCUT2D eigenvalue weighted by atomic mass is 32.1. The Morgan fingerprint density at radius 3 is 2.61 bits per heavy atom. The monoisotopic (exact) mass is 399 g/mol. The molecule has 0 unspecified atom stereocenters. The first-order chi connectivity index (χ1) is 13.5. The maximum Gasteiger partial charge on any atom is 0.265 e. The van der Waals surface area contributed by atoms with Gasteiger partial charge in [0, 0.05) is 13.1 Å². The van der Waals surface area contributed by atoms with Crippen LogP contribution in [-0.4, -0.2) is 43.9 Å². The zero-order chi connectivity index (χ0) is 19.8. The lowest BCUT2D eigenvalue weighted by molar-refractivity contribution is 0.0728. The summed E-state index contributed by atoms with van der Waals surface area (Å²) >= 11 is 1.35. The zero-order valence-electron chi connectivity index (χ0n) is 16.2. The molecule has 8 heteroatoms. The van der Waals surface area contributed by atoms with Crippen molar-refractivity contribution in [2.45, 2.75) is 40.0 Å². The molecule has 1 aliphatic rings. The van der Waals surface area contributed by atoms with E-state index in [1.165, 1.54) is 23.8 Å². The summed E-state index contributed by atoms with van der Waals surface area (Å²) in [7, 11) is 0. The summed E-state index contributed by atoms with van der Waals surface area (Å²) in [5, 5.41) is 9.09. The van der Waals surface area contributed by atoms with Crippen LogP contribution in [-0.2, 0) is 0 Å². The van der Waals surface area contributed by atoms with Gasteiger partial charge in [-0.05, 0) is 57.7 Å². The van der Waals surface area contributed by atoms with Crippen molar-refractivity contribution in [3.05, 3.63) is 45.8 Å². The van der Waals surface area contributed by atoms with E-state index in [4.69, 9.17) is 0 Å². The molecule has 0 aliphatic carbocycles. The quantitative estimate of drug-likeness (QED) is 0.666. The van der Waals surface area contributed by atoms with Gasteiger partial charge < -0.3 is 4.90 Å². The zero-order valence-corrected chi connectivity index (χ0v) is 17.0. The molecule has 0 atom stereocenters. The molecule has 1 fully saturated rings. The molecule has 0 N–H and O–H groups in total. The van der Waals surface area contributed by atoms with Gasteiger partial charge in [0.2, 0.25) is 0 Å². The number of likely N-dealkylation sites (tertiary alicyclic amines) is 1. The molecule has 1 aromatic carbocycles. The minimum atomic E-state index is -0.284. The Bertz CT molecular complexity index is 1040. The number of amides is 1. The number of aromatic nitrogens is 4. The molecule has 0 radical (unpaired) electrons. The summed E-state index contributed by atoms with van der Waals surface area (Å²) in [5.74, 6) is -0.236. The Morgan fingerprint density at radius 1 is 1.14 bits per heavy atom. The SMILES string of the molecule is Cc1ccc(-n2nnc(-c3nc(C)c(C(=O)N4CCCCC4)s3)c2C)cc1F. The van der Waals surface area contributed by atoms with Crippen LogP contribution in [0.25, 0.3) is 16.4 Å². The number of carbonyl (C=O) groups is 1. The fourth-order valence-electron chi connectivity index (χ4n) is 3.42. The van der Waals surface area contributed by atoms with Crippen molar-refractivity contribution >= 4 is 17.2 Å². The molecule has 1 amide bonds. The maximum absolute atomic E-state index is 13.9. The van der Waals surface area contributed by atoms with Crippen LogP contribution < -0.4 is 0 Å². The number of aryl methyl sites for hydroxylation is 2. The molecule has 0 bridgehead atoms. The molecule has 146 valence electrons. The van der Waals surface area contributed by atoms with Gasteiger partial charge in [-0.15, -0.1) is 16.4 Å². The van der Waals surface area contributed by atoms with E-state index in [0.29, 0.717) is 32.5 Å². The third kappa shape index (κ3) is 3.32. The van der Waals surface area contributed by atoms with Crippen LogP contribution in [0.15, 0.2) is 18.2 Å². The topological polar surface area (TPSA) is 63.9 Å². The highest BCUT2D eigenvalue weighted by molar-refractivity contribution is 7.17.